The summed E-state index contributed by atoms with van der Waals surface area (Å²) in [4.78, 5) is 11.8. The predicted octanol–water partition coefficient (Wildman–Crippen LogP) is 3.30. The third-order valence-electron chi connectivity index (χ3n) is 2.88. The van der Waals surface area contributed by atoms with Gasteiger partial charge < -0.3 is 10.6 Å². The third kappa shape index (κ3) is 6.08. The molecule has 0 unspecified atom stereocenters. The third-order valence-corrected chi connectivity index (χ3v) is 3.23. The molecule has 0 radical (unpaired) electrons. The van der Waals surface area contributed by atoms with Crippen molar-refractivity contribution in [2.45, 2.75) is 45.7 Å². The Balaban J connectivity index is 2.34. The molecule has 0 heterocycles. The highest BCUT2D eigenvalue weighted by atomic mass is 35.5. The summed E-state index contributed by atoms with van der Waals surface area (Å²) in [5.74, 6) is 0.0676. The highest BCUT2D eigenvalue weighted by Crippen LogP contribution is 2.22. The molecule has 1 rings (SSSR count). The molecule has 1 amide bonds. The van der Waals surface area contributed by atoms with E-state index in [2.05, 4.69) is 24.5 Å². The number of hydrogen-bond donors (Lipinski definition) is 2. The predicted molar refractivity (Wildman–Crippen MR) is 80.4 cm³/mol. The van der Waals surface area contributed by atoms with Crippen LogP contribution in [-0.4, -0.2) is 18.5 Å². The van der Waals surface area contributed by atoms with E-state index < -0.39 is 0 Å². The van der Waals surface area contributed by atoms with Crippen molar-refractivity contribution in [2.24, 2.45) is 0 Å². The van der Waals surface area contributed by atoms with Crippen LogP contribution in [-0.2, 0) is 4.79 Å². The topological polar surface area (TPSA) is 41.1 Å². The molecule has 0 saturated heterocycles. The van der Waals surface area contributed by atoms with Crippen LogP contribution in [0, 0.1) is 0 Å². The molecule has 0 aromatic heterocycles. The minimum Gasteiger partial charge on any atom is -0.350 e. The van der Waals surface area contributed by atoms with Gasteiger partial charge in [-0.25, -0.2) is 0 Å². The summed E-state index contributed by atoms with van der Waals surface area (Å²) in [5.41, 5.74) is 0.956. The van der Waals surface area contributed by atoms with Gasteiger partial charge in [0.15, 0.2) is 0 Å². The first-order valence-corrected chi connectivity index (χ1v) is 7.15. The molecule has 1 aromatic rings. The first-order valence-electron chi connectivity index (χ1n) is 6.78. The van der Waals surface area contributed by atoms with Crippen molar-refractivity contribution >= 4 is 17.5 Å². The SMILES string of the molecule is CC(C)NCCCC(=O)N[C@@H](C)c1ccccc1Cl. The van der Waals surface area contributed by atoms with Gasteiger partial charge in [-0.1, -0.05) is 43.6 Å². The Kier molecular flexibility index (Phi) is 6.89. The molecule has 0 spiro atoms. The van der Waals surface area contributed by atoms with Gasteiger partial charge in [0.1, 0.15) is 0 Å². The lowest BCUT2D eigenvalue weighted by Crippen LogP contribution is -2.29. The maximum Gasteiger partial charge on any atom is 0.220 e. The Hall–Kier alpha value is -1.06. The van der Waals surface area contributed by atoms with Crippen molar-refractivity contribution in [3.8, 4) is 0 Å². The van der Waals surface area contributed by atoms with Crippen molar-refractivity contribution < 1.29 is 4.79 Å². The number of carbonyl (C=O) groups is 1. The summed E-state index contributed by atoms with van der Waals surface area (Å²) < 4.78 is 0. The Morgan fingerprint density at radius 2 is 1.95 bits per heavy atom. The molecule has 1 atom stereocenters. The van der Waals surface area contributed by atoms with Crippen LogP contribution in [0.1, 0.15) is 45.2 Å². The molecule has 0 aliphatic carbocycles. The minimum absolute atomic E-state index is 0.0562. The number of halogens is 1. The largest absolute Gasteiger partial charge is 0.350 e. The number of nitrogens with one attached hydrogen (secondary N) is 2. The quantitative estimate of drug-likeness (QED) is 0.754. The van der Waals surface area contributed by atoms with Gasteiger partial charge in [-0.15, -0.1) is 0 Å². The summed E-state index contributed by atoms with van der Waals surface area (Å²) in [7, 11) is 0. The van der Waals surface area contributed by atoms with Crippen LogP contribution in [0.5, 0.6) is 0 Å². The Bertz CT molecular complexity index is 407. The fourth-order valence-corrected chi connectivity index (χ4v) is 2.16. The fourth-order valence-electron chi connectivity index (χ4n) is 1.86. The Morgan fingerprint density at radius 3 is 2.58 bits per heavy atom. The lowest BCUT2D eigenvalue weighted by Gasteiger charge is -2.16. The molecular formula is C15H23ClN2O. The average Bonchev–Trinajstić information content (AvgIpc) is 2.35. The van der Waals surface area contributed by atoms with Gasteiger partial charge in [0.25, 0.3) is 0 Å². The fraction of sp³-hybridized carbons (Fsp3) is 0.533. The van der Waals surface area contributed by atoms with E-state index in [1.54, 1.807) is 0 Å². The van der Waals surface area contributed by atoms with Crippen molar-refractivity contribution in [3.05, 3.63) is 34.9 Å². The molecule has 0 saturated carbocycles. The maximum atomic E-state index is 11.8. The van der Waals surface area contributed by atoms with E-state index in [0.717, 1.165) is 18.5 Å². The molecule has 0 aliphatic heterocycles. The zero-order chi connectivity index (χ0) is 14.3. The molecule has 2 N–H and O–H groups in total. The smallest absolute Gasteiger partial charge is 0.220 e. The van der Waals surface area contributed by atoms with Crippen LogP contribution < -0.4 is 10.6 Å². The van der Waals surface area contributed by atoms with Crippen molar-refractivity contribution in [1.29, 1.82) is 0 Å². The molecule has 0 bridgehead atoms. The lowest BCUT2D eigenvalue weighted by molar-refractivity contribution is -0.121. The van der Waals surface area contributed by atoms with Gasteiger partial charge in [0.05, 0.1) is 6.04 Å². The van der Waals surface area contributed by atoms with E-state index in [-0.39, 0.29) is 11.9 Å². The van der Waals surface area contributed by atoms with Gasteiger partial charge in [0.2, 0.25) is 5.91 Å². The van der Waals surface area contributed by atoms with Crippen LogP contribution >= 0.6 is 11.6 Å². The number of hydrogen-bond acceptors (Lipinski definition) is 2. The maximum absolute atomic E-state index is 11.8. The summed E-state index contributed by atoms with van der Waals surface area (Å²) in [6.07, 6.45) is 1.38. The van der Waals surface area contributed by atoms with E-state index >= 15 is 0 Å². The minimum atomic E-state index is -0.0562. The van der Waals surface area contributed by atoms with Crippen LogP contribution in [0.3, 0.4) is 0 Å². The van der Waals surface area contributed by atoms with Crippen LogP contribution in [0.2, 0.25) is 5.02 Å². The molecule has 3 nitrogen and oxygen atoms in total. The molecule has 4 heteroatoms. The second kappa shape index (κ2) is 8.18. The van der Waals surface area contributed by atoms with E-state index in [0.29, 0.717) is 17.5 Å². The van der Waals surface area contributed by atoms with Crippen molar-refractivity contribution in [3.63, 3.8) is 0 Å². The van der Waals surface area contributed by atoms with Crippen molar-refractivity contribution in [1.82, 2.24) is 10.6 Å². The van der Waals surface area contributed by atoms with Gasteiger partial charge in [-0.2, -0.15) is 0 Å². The zero-order valence-electron chi connectivity index (χ0n) is 11.9. The standard InChI is InChI=1S/C15H23ClN2O/c1-11(2)17-10-6-9-15(19)18-12(3)13-7-4-5-8-14(13)16/h4-5,7-8,11-12,17H,6,9-10H2,1-3H3,(H,18,19)/t12-/m0/s1. The van der Waals surface area contributed by atoms with Crippen LogP contribution in [0.4, 0.5) is 0 Å². The number of benzene rings is 1. The lowest BCUT2D eigenvalue weighted by atomic mass is 10.1. The second-order valence-corrected chi connectivity index (χ2v) is 5.43. The molecule has 1 aromatic carbocycles. The van der Waals surface area contributed by atoms with E-state index in [4.69, 9.17) is 11.6 Å². The molecular weight excluding hydrogens is 260 g/mol. The Morgan fingerprint density at radius 1 is 1.26 bits per heavy atom. The first kappa shape index (κ1) is 16.0. The molecule has 0 fully saturated rings. The summed E-state index contributed by atoms with van der Waals surface area (Å²) in [6.45, 7) is 7.01. The van der Waals surface area contributed by atoms with Gasteiger partial charge >= 0.3 is 0 Å². The number of carbonyl (C=O) groups excluding carboxylic acids is 1. The number of amides is 1. The second-order valence-electron chi connectivity index (χ2n) is 5.02. The van der Waals surface area contributed by atoms with Gasteiger partial charge in [0, 0.05) is 17.5 Å². The van der Waals surface area contributed by atoms with E-state index in [1.165, 1.54) is 0 Å². The average molecular weight is 283 g/mol. The Labute approximate surface area is 120 Å². The number of rotatable bonds is 7. The van der Waals surface area contributed by atoms with Gasteiger partial charge in [-0.05, 0) is 31.5 Å². The van der Waals surface area contributed by atoms with Crippen molar-refractivity contribution in [2.75, 3.05) is 6.54 Å². The van der Waals surface area contributed by atoms with Crippen LogP contribution in [0.25, 0.3) is 0 Å². The highest BCUT2D eigenvalue weighted by Gasteiger charge is 2.11. The normalized spacial score (nSPS) is 12.5. The van der Waals surface area contributed by atoms with E-state index in [9.17, 15) is 4.79 Å². The highest BCUT2D eigenvalue weighted by molar-refractivity contribution is 6.31. The summed E-state index contributed by atoms with van der Waals surface area (Å²) in [5, 5.41) is 6.96. The molecule has 0 aliphatic rings. The molecule has 106 valence electrons. The van der Waals surface area contributed by atoms with Gasteiger partial charge in [-0.3, -0.25) is 4.79 Å². The monoisotopic (exact) mass is 282 g/mol. The summed E-state index contributed by atoms with van der Waals surface area (Å²) >= 11 is 6.10. The summed E-state index contributed by atoms with van der Waals surface area (Å²) in [6, 6.07) is 8.00. The van der Waals surface area contributed by atoms with E-state index in [1.807, 2.05) is 31.2 Å². The molecule has 19 heavy (non-hydrogen) atoms. The first-order chi connectivity index (χ1) is 9.00. The van der Waals surface area contributed by atoms with Crippen LogP contribution in [0.15, 0.2) is 24.3 Å². The zero-order valence-corrected chi connectivity index (χ0v) is 12.6.